The zero-order valence-electron chi connectivity index (χ0n) is 17.9. The number of nitrogens with zero attached hydrogens (tertiary/aromatic N) is 1. The van der Waals surface area contributed by atoms with Crippen molar-refractivity contribution in [3.05, 3.63) is 53.6 Å². The first-order chi connectivity index (χ1) is 13.5. The summed E-state index contributed by atoms with van der Waals surface area (Å²) in [6, 6.07) is 11.7. The first kappa shape index (κ1) is 22.7. The minimum Gasteiger partial charge on any atom is -0.491 e. The second-order valence-corrected chi connectivity index (χ2v) is 9.31. The average molecular weight is 419 g/mol. The van der Waals surface area contributed by atoms with Gasteiger partial charge < -0.3 is 10.1 Å². The molecule has 0 saturated heterocycles. The summed E-state index contributed by atoms with van der Waals surface area (Å²) < 4.78 is 32.1. The molecule has 0 spiro atoms. The van der Waals surface area contributed by atoms with Gasteiger partial charge in [-0.15, -0.1) is 0 Å². The lowest BCUT2D eigenvalue weighted by Gasteiger charge is -2.31. The molecule has 0 radical (unpaired) electrons. The van der Waals surface area contributed by atoms with Crippen LogP contribution in [0.2, 0.25) is 0 Å². The van der Waals surface area contributed by atoms with Crippen molar-refractivity contribution in [2.45, 2.75) is 53.2 Å². The Hall–Kier alpha value is -2.54. The highest BCUT2D eigenvalue weighted by Crippen LogP contribution is 2.28. The molecule has 0 aliphatic rings. The van der Waals surface area contributed by atoms with E-state index in [9.17, 15) is 13.2 Å². The smallest absolute Gasteiger partial charge is 0.248 e. The molecule has 0 aliphatic heterocycles. The maximum atomic E-state index is 13.0. The molecule has 1 atom stereocenters. The number of rotatable bonds is 8. The summed E-state index contributed by atoms with van der Waals surface area (Å²) in [7, 11) is -3.67. The lowest BCUT2D eigenvalue weighted by molar-refractivity contribution is -0.117. The molecule has 0 heterocycles. The van der Waals surface area contributed by atoms with Crippen LogP contribution in [0.5, 0.6) is 5.75 Å². The van der Waals surface area contributed by atoms with Crippen molar-refractivity contribution in [3.8, 4) is 5.75 Å². The molecule has 0 fully saturated rings. The van der Waals surface area contributed by atoms with E-state index >= 15 is 0 Å². The molecule has 2 rings (SSSR count). The highest BCUT2D eigenvalue weighted by Gasteiger charge is 2.32. The van der Waals surface area contributed by atoms with Crippen molar-refractivity contribution in [3.63, 3.8) is 0 Å². The van der Waals surface area contributed by atoms with Gasteiger partial charge in [0.25, 0.3) is 0 Å². The fraction of sp³-hybridized carbons (Fsp3) is 0.409. The summed E-state index contributed by atoms with van der Waals surface area (Å²) in [6.45, 7) is 9.41. The molecular formula is C22H30N2O4S. The van der Waals surface area contributed by atoms with E-state index in [1.54, 1.807) is 37.3 Å². The number of nitrogens with one attached hydrogen (secondary N) is 1. The van der Waals surface area contributed by atoms with Gasteiger partial charge in [-0.25, -0.2) is 8.42 Å². The Morgan fingerprint density at radius 1 is 1.10 bits per heavy atom. The van der Waals surface area contributed by atoms with Crippen LogP contribution in [-0.4, -0.2) is 32.7 Å². The Labute approximate surface area is 173 Å². The van der Waals surface area contributed by atoms with Gasteiger partial charge in [0.2, 0.25) is 15.9 Å². The largest absolute Gasteiger partial charge is 0.491 e. The van der Waals surface area contributed by atoms with Gasteiger partial charge in [-0.05, 0) is 75.6 Å². The molecule has 2 aromatic rings. The number of carbonyl (C=O) groups is 1. The van der Waals surface area contributed by atoms with Crippen molar-refractivity contribution >= 4 is 27.3 Å². The summed E-state index contributed by atoms with van der Waals surface area (Å²) in [5.74, 6) is 0.328. The van der Waals surface area contributed by atoms with Gasteiger partial charge in [0, 0.05) is 5.69 Å². The molecule has 158 valence electrons. The van der Waals surface area contributed by atoms with Crippen molar-refractivity contribution in [2.24, 2.45) is 0 Å². The molecule has 29 heavy (non-hydrogen) atoms. The first-order valence-electron chi connectivity index (χ1n) is 9.67. The number of hydrogen-bond donors (Lipinski definition) is 1. The normalized spacial score (nSPS) is 12.5. The van der Waals surface area contributed by atoms with E-state index in [1.165, 1.54) is 4.31 Å². The second kappa shape index (κ2) is 9.31. The van der Waals surface area contributed by atoms with Crippen LogP contribution in [0.15, 0.2) is 42.5 Å². The topological polar surface area (TPSA) is 75.7 Å². The summed E-state index contributed by atoms with van der Waals surface area (Å²) in [6.07, 6.45) is 1.52. The quantitative estimate of drug-likeness (QED) is 0.694. The van der Waals surface area contributed by atoms with E-state index in [2.05, 4.69) is 5.32 Å². The van der Waals surface area contributed by atoms with Gasteiger partial charge in [0.05, 0.1) is 18.0 Å². The van der Waals surface area contributed by atoms with E-state index in [1.807, 2.05) is 39.8 Å². The van der Waals surface area contributed by atoms with Crippen LogP contribution in [0.4, 0.5) is 11.4 Å². The first-order valence-corrected chi connectivity index (χ1v) is 11.5. The maximum absolute atomic E-state index is 13.0. The molecule has 7 heteroatoms. The number of anilines is 2. The summed E-state index contributed by atoms with van der Waals surface area (Å²) >= 11 is 0. The van der Waals surface area contributed by atoms with Gasteiger partial charge in [-0.3, -0.25) is 9.10 Å². The predicted octanol–water partition coefficient (Wildman–Crippen LogP) is 4.27. The number of ether oxygens (including phenoxy) is 1. The zero-order valence-corrected chi connectivity index (χ0v) is 18.7. The number of benzene rings is 2. The highest BCUT2D eigenvalue weighted by atomic mass is 32.2. The Bertz CT molecular complexity index is 953. The number of aryl methyl sites for hydroxylation is 2. The molecular weight excluding hydrogens is 388 g/mol. The minimum absolute atomic E-state index is 0.0563. The Kier molecular flexibility index (Phi) is 7.30. The van der Waals surface area contributed by atoms with Crippen molar-refractivity contribution in [1.29, 1.82) is 0 Å². The Morgan fingerprint density at radius 2 is 1.72 bits per heavy atom. The van der Waals surface area contributed by atoms with E-state index < -0.39 is 16.1 Å². The van der Waals surface area contributed by atoms with Crippen molar-refractivity contribution in [1.82, 2.24) is 0 Å². The summed E-state index contributed by atoms with van der Waals surface area (Å²) in [4.78, 5) is 13.0. The van der Waals surface area contributed by atoms with E-state index in [-0.39, 0.29) is 12.0 Å². The van der Waals surface area contributed by atoms with Crippen LogP contribution in [-0.2, 0) is 14.8 Å². The van der Waals surface area contributed by atoms with E-state index in [0.717, 1.165) is 17.4 Å². The van der Waals surface area contributed by atoms with Crippen molar-refractivity contribution < 1.29 is 17.9 Å². The third-order valence-corrected chi connectivity index (χ3v) is 5.59. The molecule has 1 unspecified atom stereocenters. The van der Waals surface area contributed by atoms with Crippen LogP contribution < -0.4 is 14.4 Å². The molecule has 0 aliphatic carbocycles. The van der Waals surface area contributed by atoms with Crippen LogP contribution in [0.25, 0.3) is 0 Å². The fourth-order valence-electron chi connectivity index (χ4n) is 3.11. The second-order valence-electron chi connectivity index (χ2n) is 7.45. The van der Waals surface area contributed by atoms with Gasteiger partial charge in [-0.2, -0.15) is 0 Å². The predicted molar refractivity (Wildman–Crippen MR) is 118 cm³/mol. The van der Waals surface area contributed by atoms with Gasteiger partial charge in [0.15, 0.2) is 0 Å². The van der Waals surface area contributed by atoms with Gasteiger partial charge in [-0.1, -0.05) is 19.1 Å². The standard InChI is InChI=1S/C22H30N2O4S/c1-7-20(22(25)23-18-10-12-19(13-11-18)28-15(2)3)24(29(6,26)27)21-14-16(4)8-9-17(21)5/h8-15,20H,7H2,1-6H3,(H,23,25). The lowest BCUT2D eigenvalue weighted by atomic mass is 10.1. The molecule has 1 N–H and O–H groups in total. The Morgan fingerprint density at radius 3 is 2.24 bits per heavy atom. The van der Waals surface area contributed by atoms with Crippen LogP contribution in [0, 0.1) is 13.8 Å². The summed E-state index contributed by atoms with van der Waals surface area (Å²) in [5, 5.41) is 2.83. The Balaban J connectivity index is 2.32. The average Bonchev–Trinajstić information content (AvgIpc) is 2.62. The van der Waals surface area contributed by atoms with E-state index in [4.69, 9.17) is 4.74 Å². The van der Waals surface area contributed by atoms with Crippen molar-refractivity contribution in [2.75, 3.05) is 15.9 Å². The molecule has 0 aromatic heterocycles. The number of hydrogen-bond acceptors (Lipinski definition) is 4. The fourth-order valence-corrected chi connectivity index (χ4v) is 4.37. The monoisotopic (exact) mass is 418 g/mol. The molecule has 0 bridgehead atoms. The molecule has 2 aromatic carbocycles. The number of amides is 1. The van der Waals surface area contributed by atoms with Gasteiger partial charge >= 0.3 is 0 Å². The number of sulfonamides is 1. The van der Waals surface area contributed by atoms with Crippen LogP contribution in [0.1, 0.15) is 38.3 Å². The minimum atomic E-state index is -3.67. The molecule has 6 nitrogen and oxygen atoms in total. The number of carbonyl (C=O) groups excluding carboxylic acids is 1. The highest BCUT2D eigenvalue weighted by molar-refractivity contribution is 7.92. The zero-order chi connectivity index (χ0) is 21.8. The van der Waals surface area contributed by atoms with Crippen LogP contribution in [0.3, 0.4) is 0 Å². The molecule has 0 saturated carbocycles. The van der Waals surface area contributed by atoms with Gasteiger partial charge in [0.1, 0.15) is 11.8 Å². The third-order valence-electron chi connectivity index (χ3n) is 4.43. The third kappa shape index (κ3) is 5.97. The maximum Gasteiger partial charge on any atom is 0.248 e. The molecule has 1 amide bonds. The summed E-state index contributed by atoms with van der Waals surface area (Å²) in [5.41, 5.74) is 2.83. The van der Waals surface area contributed by atoms with E-state index in [0.29, 0.717) is 23.5 Å². The van der Waals surface area contributed by atoms with Crippen LogP contribution >= 0.6 is 0 Å². The SMILES string of the molecule is CCC(C(=O)Nc1ccc(OC(C)C)cc1)N(c1cc(C)ccc1C)S(C)(=O)=O. The lowest BCUT2D eigenvalue weighted by Crippen LogP contribution is -2.47.